The van der Waals surface area contributed by atoms with E-state index in [9.17, 15) is 19.5 Å². The van der Waals surface area contributed by atoms with E-state index in [2.05, 4.69) is 10.3 Å². The van der Waals surface area contributed by atoms with Gasteiger partial charge in [-0.25, -0.2) is 9.59 Å². The number of amides is 1. The van der Waals surface area contributed by atoms with Gasteiger partial charge in [-0.1, -0.05) is 44.2 Å². The Hall–Kier alpha value is -3.38. The van der Waals surface area contributed by atoms with E-state index in [-0.39, 0.29) is 31.2 Å². The van der Waals surface area contributed by atoms with Crippen molar-refractivity contribution in [3.05, 3.63) is 58.6 Å². The fourth-order valence-corrected chi connectivity index (χ4v) is 3.40. The lowest BCUT2D eigenvalue weighted by atomic mass is 10.1. The van der Waals surface area contributed by atoms with E-state index in [0.29, 0.717) is 4.57 Å². The lowest BCUT2D eigenvalue weighted by Crippen LogP contribution is -2.44. The van der Waals surface area contributed by atoms with Gasteiger partial charge in [-0.15, -0.1) is 0 Å². The zero-order valence-electron chi connectivity index (χ0n) is 19.2. The molecule has 0 radical (unpaired) electrons. The first-order chi connectivity index (χ1) is 16.6. The minimum Gasteiger partial charge on any atom is -0.453 e. The molecule has 2 heterocycles. The molecule has 3 rings (SSSR count). The summed E-state index contributed by atoms with van der Waals surface area (Å²) in [5.41, 5.74) is -0.320. The van der Waals surface area contributed by atoms with Crippen molar-refractivity contribution in [2.75, 3.05) is 18.5 Å². The van der Waals surface area contributed by atoms with E-state index in [4.69, 9.17) is 14.2 Å². The average Bonchev–Trinajstić information content (AvgIpc) is 3.06. The van der Waals surface area contributed by atoms with Gasteiger partial charge in [0, 0.05) is 12.6 Å². The Morgan fingerprint density at radius 3 is 2.60 bits per heavy atom. The summed E-state index contributed by atoms with van der Waals surface area (Å²) < 4.78 is 46.0. The van der Waals surface area contributed by atoms with Crippen LogP contribution in [0.4, 0.5) is 19.4 Å². The Bertz CT molecular complexity index is 1080. The van der Waals surface area contributed by atoms with E-state index in [1.165, 1.54) is 0 Å². The molecule has 1 fully saturated rings. The topological polar surface area (TPSA) is 129 Å². The molecule has 0 saturated carbocycles. The van der Waals surface area contributed by atoms with Gasteiger partial charge in [-0.05, 0) is 24.0 Å². The van der Waals surface area contributed by atoms with Crippen molar-refractivity contribution in [1.82, 2.24) is 9.55 Å². The van der Waals surface area contributed by atoms with Crippen LogP contribution < -0.4 is 11.0 Å². The van der Waals surface area contributed by atoms with Crippen molar-refractivity contribution < 1.29 is 37.7 Å². The minimum atomic E-state index is -3.85. The largest absolute Gasteiger partial charge is 0.453 e. The molecule has 3 unspecified atom stereocenters. The summed E-state index contributed by atoms with van der Waals surface area (Å²) in [7, 11) is 0. The van der Waals surface area contributed by atoms with Crippen LogP contribution in [0, 0.1) is 5.92 Å². The third kappa shape index (κ3) is 6.61. The number of anilines is 1. The van der Waals surface area contributed by atoms with Gasteiger partial charge in [0.15, 0.2) is 6.10 Å². The van der Waals surface area contributed by atoms with Crippen molar-refractivity contribution in [1.29, 1.82) is 0 Å². The first-order valence-electron chi connectivity index (χ1n) is 11.0. The normalized spacial score (nSPS) is 21.0. The summed E-state index contributed by atoms with van der Waals surface area (Å²) >= 11 is 0. The molecule has 3 atom stereocenters. The molecule has 0 aliphatic carbocycles. The monoisotopic (exact) mass is 495 g/mol. The fourth-order valence-electron chi connectivity index (χ4n) is 3.40. The maximum Gasteiger partial charge on any atom is 0.412 e. The Kier molecular flexibility index (Phi) is 8.52. The maximum absolute atomic E-state index is 15.2. The van der Waals surface area contributed by atoms with Crippen molar-refractivity contribution in [3.8, 4) is 0 Å². The van der Waals surface area contributed by atoms with Crippen molar-refractivity contribution in [3.63, 3.8) is 0 Å². The van der Waals surface area contributed by atoms with E-state index < -0.39 is 48.7 Å². The number of carbonyl (C=O) groups is 2. The highest BCUT2D eigenvalue weighted by atomic mass is 19.3. The van der Waals surface area contributed by atoms with Crippen LogP contribution in [0.15, 0.2) is 47.4 Å². The Morgan fingerprint density at radius 1 is 1.26 bits per heavy atom. The summed E-state index contributed by atoms with van der Waals surface area (Å²) in [6.07, 6.45) is -5.64. The van der Waals surface area contributed by atoms with Crippen LogP contribution in [0.25, 0.3) is 0 Å². The van der Waals surface area contributed by atoms with Crippen LogP contribution in [0.2, 0.25) is 0 Å². The molecule has 0 bridgehead atoms. The predicted octanol–water partition coefficient (Wildman–Crippen LogP) is 2.52. The standard InChI is InChI=1S/C23H27F2N3O7/c1-14(2)13-33-22(32)27-17-10-11-28(21(31)26-17)20-23(24,25)19(16(12-29)34-20)35-18(30)9-8-15-6-4-3-5-7-15/h3-7,10-11,14,16,19-20,29H,8-9,12-13H2,1-2H3,(H,26,27,31,32). The third-order valence-corrected chi connectivity index (χ3v) is 5.11. The minimum absolute atomic E-state index is 0.0864. The molecule has 10 nitrogen and oxygen atoms in total. The van der Waals surface area contributed by atoms with E-state index in [1.807, 2.05) is 19.9 Å². The molecule has 0 spiro atoms. The van der Waals surface area contributed by atoms with Crippen LogP contribution >= 0.6 is 0 Å². The van der Waals surface area contributed by atoms with Gasteiger partial charge in [-0.2, -0.15) is 13.8 Å². The quantitative estimate of drug-likeness (QED) is 0.508. The molecule has 1 aromatic carbocycles. The molecule has 1 saturated heterocycles. The number of rotatable bonds is 9. The lowest BCUT2D eigenvalue weighted by molar-refractivity contribution is -0.176. The zero-order valence-corrected chi connectivity index (χ0v) is 19.2. The lowest BCUT2D eigenvalue weighted by Gasteiger charge is -2.24. The van der Waals surface area contributed by atoms with Crippen LogP contribution in [0.5, 0.6) is 0 Å². The van der Waals surface area contributed by atoms with Crippen LogP contribution in [-0.4, -0.2) is 58.1 Å². The highest BCUT2D eigenvalue weighted by Crippen LogP contribution is 2.44. The second-order valence-electron chi connectivity index (χ2n) is 8.40. The summed E-state index contributed by atoms with van der Waals surface area (Å²) in [4.78, 5) is 40.0. The van der Waals surface area contributed by atoms with E-state index in [0.717, 1.165) is 17.8 Å². The average molecular weight is 495 g/mol. The molecule has 1 aliphatic heterocycles. The molecule has 1 aromatic heterocycles. The number of carbonyl (C=O) groups excluding carboxylic acids is 2. The number of benzene rings is 1. The van der Waals surface area contributed by atoms with E-state index >= 15 is 8.78 Å². The van der Waals surface area contributed by atoms with Crippen LogP contribution in [0.1, 0.15) is 32.1 Å². The summed E-state index contributed by atoms with van der Waals surface area (Å²) in [6.45, 7) is 2.94. The molecule has 35 heavy (non-hydrogen) atoms. The molecule has 2 N–H and O–H groups in total. The Balaban J connectivity index is 1.69. The number of hydrogen-bond acceptors (Lipinski definition) is 8. The van der Waals surface area contributed by atoms with Crippen molar-refractivity contribution in [2.24, 2.45) is 5.92 Å². The first-order valence-corrected chi connectivity index (χ1v) is 11.0. The Morgan fingerprint density at radius 2 is 1.97 bits per heavy atom. The number of aliphatic hydroxyl groups excluding tert-OH is 1. The number of ether oxygens (including phenoxy) is 3. The second kappa shape index (κ2) is 11.4. The van der Waals surface area contributed by atoms with Gasteiger partial charge in [-0.3, -0.25) is 14.7 Å². The molecule has 1 amide bonds. The van der Waals surface area contributed by atoms with Gasteiger partial charge in [0.1, 0.15) is 11.9 Å². The maximum atomic E-state index is 15.2. The second-order valence-corrected chi connectivity index (χ2v) is 8.40. The first kappa shape index (κ1) is 26.2. The molecule has 2 aromatic rings. The number of esters is 1. The van der Waals surface area contributed by atoms with Gasteiger partial charge in [0.2, 0.25) is 6.23 Å². The number of aryl methyl sites for hydroxylation is 1. The summed E-state index contributed by atoms with van der Waals surface area (Å²) in [5, 5.41) is 11.8. The smallest absolute Gasteiger partial charge is 0.412 e. The summed E-state index contributed by atoms with van der Waals surface area (Å²) in [5.74, 6) is -4.87. The number of nitrogens with one attached hydrogen (secondary N) is 1. The van der Waals surface area contributed by atoms with Crippen LogP contribution in [-0.2, 0) is 25.4 Å². The van der Waals surface area contributed by atoms with Gasteiger partial charge in [0.25, 0.3) is 0 Å². The van der Waals surface area contributed by atoms with Crippen LogP contribution in [0.3, 0.4) is 0 Å². The highest BCUT2D eigenvalue weighted by Gasteiger charge is 2.62. The number of nitrogens with zero attached hydrogens (tertiary/aromatic N) is 2. The predicted molar refractivity (Wildman–Crippen MR) is 119 cm³/mol. The van der Waals surface area contributed by atoms with Crippen molar-refractivity contribution >= 4 is 17.9 Å². The molecular weight excluding hydrogens is 468 g/mol. The SMILES string of the molecule is CC(C)COC(=O)Nc1ccn(C2OC(CO)C(OC(=O)CCc3ccccc3)C2(F)F)c(=O)n1. The zero-order chi connectivity index (χ0) is 25.6. The van der Waals surface area contributed by atoms with Crippen molar-refractivity contribution in [2.45, 2.75) is 51.0 Å². The molecule has 190 valence electrons. The van der Waals surface area contributed by atoms with E-state index in [1.54, 1.807) is 24.3 Å². The molecule has 1 aliphatic rings. The van der Waals surface area contributed by atoms with Gasteiger partial charge in [0.05, 0.1) is 13.2 Å². The number of aliphatic hydroxyl groups is 1. The molecular formula is C23H27F2N3O7. The number of alkyl halides is 2. The summed E-state index contributed by atoms with van der Waals surface area (Å²) in [6, 6.07) is 10.1. The molecule has 12 heteroatoms. The van der Waals surface area contributed by atoms with Gasteiger partial charge >= 0.3 is 23.7 Å². The third-order valence-electron chi connectivity index (χ3n) is 5.11. The highest BCUT2D eigenvalue weighted by molar-refractivity contribution is 5.83. The fraction of sp³-hybridized carbons (Fsp3) is 0.478. The number of hydrogen-bond donors (Lipinski definition) is 2. The number of aromatic nitrogens is 2. The Labute approximate surface area is 199 Å². The number of halogens is 2. The van der Waals surface area contributed by atoms with Gasteiger partial charge < -0.3 is 19.3 Å².